The van der Waals surface area contributed by atoms with Crippen molar-refractivity contribution in [3.05, 3.63) is 87.5 Å². The number of nitrogens with one attached hydrogen (secondary N) is 2. The van der Waals surface area contributed by atoms with Crippen molar-refractivity contribution < 1.29 is 44.8 Å². The first-order chi connectivity index (χ1) is 19.0. The Morgan fingerprint density at radius 3 is 1.98 bits per heavy atom. The van der Waals surface area contributed by atoms with Crippen molar-refractivity contribution in [1.29, 1.82) is 0 Å². The van der Waals surface area contributed by atoms with Crippen LogP contribution in [-0.4, -0.2) is 29.3 Å². The lowest BCUT2D eigenvalue weighted by Crippen LogP contribution is -2.50. The standard InChI is InChI=1S/C27H20F7N3O3S/c1-13-9-18(25(28,26(29,30)31)27(32,33)34)10-14(2)21(13)36-23(38)17-11-19(41-12-17)35-24(39)20-15(3)40-37-22(20)16-7-5-4-6-8-16/h4-12H,1-3H3,(H,35,39)(H,36,38). The summed E-state index contributed by atoms with van der Waals surface area (Å²) < 4.78 is 98.9. The van der Waals surface area contributed by atoms with Gasteiger partial charge in [-0.15, -0.1) is 11.3 Å². The second-order valence-corrected chi connectivity index (χ2v) is 9.99. The number of aryl methyl sites for hydroxylation is 3. The summed E-state index contributed by atoms with van der Waals surface area (Å²) in [6.07, 6.45) is -12.5. The largest absolute Gasteiger partial charge is 0.435 e. The number of carbonyl (C=O) groups is 2. The smallest absolute Gasteiger partial charge is 0.360 e. The van der Waals surface area contributed by atoms with E-state index in [1.165, 1.54) is 11.4 Å². The van der Waals surface area contributed by atoms with E-state index >= 15 is 0 Å². The molecular formula is C27H20F7N3O3S. The van der Waals surface area contributed by atoms with Gasteiger partial charge in [0.25, 0.3) is 11.8 Å². The van der Waals surface area contributed by atoms with Crippen molar-refractivity contribution in [3.63, 3.8) is 0 Å². The molecule has 0 spiro atoms. The van der Waals surface area contributed by atoms with Crippen LogP contribution in [-0.2, 0) is 5.67 Å². The maximum absolute atomic E-state index is 14.5. The summed E-state index contributed by atoms with van der Waals surface area (Å²) in [6, 6.07) is 11.0. The zero-order valence-electron chi connectivity index (χ0n) is 21.4. The maximum Gasteiger partial charge on any atom is 0.435 e. The molecule has 2 N–H and O–H groups in total. The molecule has 41 heavy (non-hydrogen) atoms. The van der Waals surface area contributed by atoms with E-state index in [1.807, 2.05) is 0 Å². The maximum atomic E-state index is 14.5. The van der Waals surface area contributed by atoms with Gasteiger partial charge in [0.05, 0.1) is 10.6 Å². The van der Waals surface area contributed by atoms with E-state index in [2.05, 4.69) is 15.8 Å². The molecule has 2 aromatic carbocycles. The van der Waals surface area contributed by atoms with Gasteiger partial charge < -0.3 is 15.2 Å². The highest BCUT2D eigenvalue weighted by molar-refractivity contribution is 7.14. The molecule has 0 aliphatic heterocycles. The summed E-state index contributed by atoms with van der Waals surface area (Å²) in [5.41, 5.74) is -6.58. The number of alkyl halides is 7. The third-order valence-corrected chi connectivity index (χ3v) is 7.03. The topological polar surface area (TPSA) is 84.2 Å². The van der Waals surface area contributed by atoms with Crippen LogP contribution >= 0.6 is 11.3 Å². The highest BCUT2D eigenvalue weighted by Gasteiger charge is 2.73. The van der Waals surface area contributed by atoms with Gasteiger partial charge in [0, 0.05) is 22.2 Å². The van der Waals surface area contributed by atoms with Gasteiger partial charge in [-0.3, -0.25) is 9.59 Å². The Hall–Kier alpha value is -4.20. The van der Waals surface area contributed by atoms with Crippen molar-refractivity contribution in [2.45, 2.75) is 38.8 Å². The third-order valence-electron chi connectivity index (χ3n) is 6.19. The SMILES string of the molecule is Cc1cc(C(F)(C(F)(F)F)C(F)(F)F)cc(C)c1NC(=O)c1csc(NC(=O)c2c(-c3ccccc3)noc2C)c1. The van der Waals surface area contributed by atoms with E-state index in [-0.39, 0.29) is 38.7 Å². The van der Waals surface area contributed by atoms with Gasteiger partial charge >= 0.3 is 18.0 Å². The summed E-state index contributed by atoms with van der Waals surface area (Å²) in [7, 11) is 0. The first-order valence-electron chi connectivity index (χ1n) is 11.7. The van der Waals surface area contributed by atoms with Crippen LogP contribution in [0.3, 0.4) is 0 Å². The molecular weight excluding hydrogens is 579 g/mol. The lowest BCUT2D eigenvalue weighted by molar-refractivity contribution is -0.348. The molecule has 0 fully saturated rings. The van der Waals surface area contributed by atoms with Crippen LogP contribution in [0, 0.1) is 20.8 Å². The molecule has 2 heterocycles. The molecule has 14 heteroatoms. The number of aromatic nitrogens is 1. The first kappa shape index (κ1) is 29.8. The third kappa shape index (κ3) is 5.56. The average molecular weight is 600 g/mol. The minimum atomic E-state index is -6.26. The van der Waals surface area contributed by atoms with E-state index in [0.29, 0.717) is 23.4 Å². The fourth-order valence-electron chi connectivity index (χ4n) is 4.16. The quantitative estimate of drug-likeness (QED) is 0.219. The number of rotatable bonds is 6. The highest BCUT2D eigenvalue weighted by atomic mass is 32.1. The van der Waals surface area contributed by atoms with Gasteiger partial charge in [-0.05, 0) is 38.0 Å². The molecule has 0 radical (unpaired) electrons. The van der Waals surface area contributed by atoms with Crippen LogP contribution in [0.2, 0.25) is 0 Å². The molecule has 0 aliphatic carbocycles. The summed E-state index contributed by atoms with van der Waals surface area (Å²) in [5, 5.41) is 10.7. The lowest BCUT2D eigenvalue weighted by Gasteiger charge is -2.31. The van der Waals surface area contributed by atoms with Gasteiger partial charge in [0.15, 0.2) is 0 Å². The molecule has 216 valence electrons. The van der Waals surface area contributed by atoms with Crippen LogP contribution in [0.15, 0.2) is 58.4 Å². The summed E-state index contributed by atoms with van der Waals surface area (Å²) in [4.78, 5) is 25.9. The van der Waals surface area contributed by atoms with Crippen LogP contribution in [0.25, 0.3) is 11.3 Å². The zero-order valence-corrected chi connectivity index (χ0v) is 22.2. The van der Waals surface area contributed by atoms with Crippen molar-refractivity contribution >= 4 is 33.8 Å². The van der Waals surface area contributed by atoms with E-state index in [0.717, 1.165) is 25.2 Å². The predicted octanol–water partition coefficient (Wildman–Crippen LogP) is 8.12. The monoisotopic (exact) mass is 599 g/mol. The lowest BCUT2D eigenvalue weighted by atomic mass is 9.90. The Bertz CT molecular complexity index is 1570. The number of benzene rings is 2. The molecule has 0 atom stereocenters. The van der Waals surface area contributed by atoms with Crippen LogP contribution in [0.4, 0.5) is 41.4 Å². The fourth-order valence-corrected chi connectivity index (χ4v) is 4.94. The number of hydrogen-bond donors (Lipinski definition) is 2. The average Bonchev–Trinajstić information content (AvgIpc) is 3.51. The number of hydrogen-bond acceptors (Lipinski definition) is 5. The Labute approximate surface area is 232 Å². The van der Waals surface area contributed by atoms with E-state index in [9.17, 15) is 40.3 Å². The second kappa shape index (κ2) is 10.7. The normalized spacial score (nSPS) is 12.3. The fraction of sp³-hybridized carbons (Fsp3) is 0.222. The highest BCUT2D eigenvalue weighted by Crippen LogP contribution is 2.53. The van der Waals surface area contributed by atoms with Gasteiger partial charge in [-0.25, -0.2) is 4.39 Å². The minimum absolute atomic E-state index is 0.0453. The Morgan fingerprint density at radius 2 is 1.41 bits per heavy atom. The van der Waals surface area contributed by atoms with E-state index in [1.54, 1.807) is 37.3 Å². The van der Waals surface area contributed by atoms with Gasteiger partial charge in [-0.2, -0.15) is 26.3 Å². The zero-order chi connectivity index (χ0) is 30.3. The summed E-state index contributed by atoms with van der Waals surface area (Å²) in [6.45, 7) is 3.85. The molecule has 4 aromatic rings. The molecule has 4 rings (SSSR count). The molecule has 0 bridgehead atoms. The van der Waals surface area contributed by atoms with Gasteiger partial charge in [0.1, 0.15) is 17.0 Å². The molecule has 0 saturated carbocycles. The molecule has 0 unspecified atom stereocenters. The minimum Gasteiger partial charge on any atom is -0.360 e. The Kier molecular flexibility index (Phi) is 7.74. The van der Waals surface area contributed by atoms with Crippen LogP contribution in [0.5, 0.6) is 0 Å². The van der Waals surface area contributed by atoms with Gasteiger partial charge in [0.2, 0.25) is 0 Å². The number of thiophene rings is 1. The van der Waals surface area contributed by atoms with Crippen molar-refractivity contribution in [3.8, 4) is 11.3 Å². The molecule has 2 aromatic heterocycles. The van der Waals surface area contributed by atoms with Crippen molar-refractivity contribution in [2.75, 3.05) is 10.6 Å². The second-order valence-electron chi connectivity index (χ2n) is 9.08. The Balaban J connectivity index is 1.54. The first-order valence-corrected chi connectivity index (χ1v) is 12.6. The molecule has 0 aliphatic rings. The summed E-state index contributed by atoms with van der Waals surface area (Å²) in [5.74, 6) is -1.05. The van der Waals surface area contributed by atoms with E-state index in [4.69, 9.17) is 4.52 Å². The molecule has 6 nitrogen and oxygen atoms in total. The number of carbonyl (C=O) groups excluding carboxylic acids is 2. The number of amides is 2. The van der Waals surface area contributed by atoms with Crippen LogP contribution in [0.1, 0.15) is 43.2 Å². The van der Waals surface area contributed by atoms with E-state index < -0.39 is 35.4 Å². The summed E-state index contributed by atoms with van der Waals surface area (Å²) >= 11 is 0.998. The van der Waals surface area contributed by atoms with Crippen LogP contribution < -0.4 is 10.6 Å². The van der Waals surface area contributed by atoms with Gasteiger partial charge in [-0.1, -0.05) is 47.6 Å². The van der Waals surface area contributed by atoms with Crippen molar-refractivity contribution in [2.24, 2.45) is 0 Å². The molecule has 0 saturated heterocycles. The Morgan fingerprint density at radius 1 is 0.829 bits per heavy atom. The predicted molar refractivity (Wildman–Crippen MR) is 138 cm³/mol. The number of halogens is 7. The van der Waals surface area contributed by atoms with Crippen molar-refractivity contribution in [1.82, 2.24) is 5.16 Å². The number of nitrogens with zero attached hydrogens (tertiary/aromatic N) is 1. The number of anilines is 2. The molecule has 2 amide bonds.